The van der Waals surface area contributed by atoms with Gasteiger partial charge in [0.1, 0.15) is 11.5 Å². The lowest BCUT2D eigenvalue weighted by molar-refractivity contribution is -0.123. The average Bonchev–Trinajstić information content (AvgIpc) is 3.16. The van der Waals surface area contributed by atoms with E-state index in [-0.39, 0.29) is 31.0 Å². The number of benzene rings is 1. The van der Waals surface area contributed by atoms with Crippen LogP contribution in [-0.2, 0) is 9.53 Å². The summed E-state index contributed by atoms with van der Waals surface area (Å²) in [6, 6.07) is 10.8. The normalized spacial score (nSPS) is 15.7. The first-order valence-corrected chi connectivity index (χ1v) is 8.61. The summed E-state index contributed by atoms with van der Waals surface area (Å²) in [5.74, 6) is 1.12. The smallest absolute Gasteiger partial charge is 0.258 e. The standard InChI is InChI=1S/C18H21ClN2O4.ClH/c19-14-4-1-2-5-16(14)25-13-18(22)20-12-15(17-6-3-9-24-17)21-7-10-23-11-8-21;/h1-6,9,15H,7-8,10-13H2,(H,20,22);1H. The van der Waals surface area contributed by atoms with Crippen molar-refractivity contribution in [2.45, 2.75) is 6.04 Å². The van der Waals surface area contributed by atoms with Crippen LogP contribution >= 0.6 is 24.0 Å². The van der Waals surface area contributed by atoms with Gasteiger partial charge in [0.2, 0.25) is 0 Å². The highest BCUT2D eigenvalue weighted by Gasteiger charge is 2.25. The summed E-state index contributed by atoms with van der Waals surface area (Å²) in [5, 5.41) is 3.39. The van der Waals surface area contributed by atoms with Gasteiger partial charge < -0.3 is 19.2 Å². The third kappa shape index (κ3) is 5.64. The van der Waals surface area contributed by atoms with Gasteiger partial charge in [-0.05, 0) is 24.3 Å². The zero-order valence-corrected chi connectivity index (χ0v) is 15.8. The maximum Gasteiger partial charge on any atom is 0.258 e. The number of carbonyl (C=O) groups excluding carboxylic acids is 1. The number of furan rings is 1. The molecule has 1 aliphatic heterocycles. The molecule has 1 unspecified atom stereocenters. The van der Waals surface area contributed by atoms with Crippen LogP contribution in [0, 0.1) is 0 Å². The van der Waals surface area contributed by atoms with Crippen molar-refractivity contribution in [2.24, 2.45) is 0 Å². The minimum Gasteiger partial charge on any atom is -0.482 e. The molecule has 0 spiro atoms. The second-order valence-electron chi connectivity index (χ2n) is 5.70. The van der Waals surface area contributed by atoms with Crippen molar-refractivity contribution >= 4 is 29.9 Å². The summed E-state index contributed by atoms with van der Waals surface area (Å²) >= 11 is 6.02. The van der Waals surface area contributed by atoms with Gasteiger partial charge >= 0.3 is 0 Å². The maximum atomic E-state index is 12.1. The number of hydrogen-bond acceptors (Lipinski definition) is 5. The minimum absolute atomic E-state index is 0. The number of carbonyl (C=O) groups is 1. The highest BCUT2D eigenvalue weighted by atomic mass is 35.5. The fraction of sp³-hybridized carbons (Fsp3) is 0.389. The molecule has 1 aromatic heterocycles. The molecule has 1 amide bonds. The summed E-state index contributed by atoms with van der Waals surface area (Å²) < 4.78 is 16.4. The first-order chi connectivity index (χ1) is 12.2. The van der Waals surface area contributed by atoms with Crippen molar-refractivity contribution in [3.63, 3.8) is 0 Å². The fourth-order valence-electron chi connectivity index (χ4n) is 2.75. The van der Waals surface area contributed by atoms with Crippen LogP contribution in [0.2, 0.25) is 5.02 Å². The first kappa shape index (κ1) is 20.6. The molecule has 26 heavy (non-hydrogen) atoms. The topological polar surface area (TPSA) is 63.9 Å². The highest BCUT2D eigenvalue weighted by molar-refractivity contribution is 6.32. The van der Waals surface area contributed by atoms with Crippen LogP contribution in [0.5, 0.6) is 5.75 Å². The van der Waals surface area contributed by atoms with Crippen molar-refractivity contribution in [1.29, 1.82) is 0 Å². The van der Waals surface area contributed by atoms with E-state index in [2.05, 4.69) is 10.2 Å². The van der Waals surface area contributed by atoms with E-state index in [0.29, 0.717) is 30.5 Å². The molecular formula is C18H22Cl2N2O4. The number of nitrogens with one attached hydrogen (secondary N) is 1. The summed E-state index contributed by atoms with van der Waals surface area (Å²) in [4.78, 5) is 14.4. The van der Waals surface area contributed by atoms with Crippen LogP contribution in [-0.4, -0.2) is 50.3 Å². The molecule has 1 atom stereocenters. The van der Waals surface area contributed by atoms with E-state index < -0.39 is 0 Å². The van der Waals surface area contributed by atoms with Crippen molar-refractivity contribution in [2.75, 3.05) is 39.5 Å². The number of halogens is 2. The van der Waals surface area contributed by atoms with Gasteiger partial charge in [-0.15, -0.1) is 12.4 Å². The number of nitrogens with zero attached hydrogens (tertiary/aromatic N) is 1. The lowest BCUT2D eigenvalue weighted by atomic mass is 10.1. The Labute approximate surface area is 163 Å². The molecule has 1 saturated heterocycles. The monoisotopic (exact) mass is 400 g/mol. The molecule has 142 valence electrons. The lowest BCUT2D eigenvalue weighted by Crippen LogP contribution is -2.44. The molecule has 1 fully saturated rings. The van der Waals surface area contributed by atoms with Crippen LogP contribution in [0.15, 0.2) is 47.1 Å². The number of morpholine rings is 1. The molecule has 8 heteroatoms. The molecule has 1 aliphatic rings. The Hall–Kier alpha value is -1.73. The van der Waals surface area contributed by atoms with Crippen LogP contribution in [0.3, 0.4) is 0 Å². The minimum atomic E-state index is -0.204. The Kier molecular flexibility index (Phi) is 8.25. The Morgan fingerprint density at radius 2 is 2.00 bits per heavy atom. The second-order valence-corrected chi connectivity index (χ2v) is 6.11. The van der Waals surface area contributed by atoms with Crippen molar-refractivity contribution in [3.05, 3.63) is 53.4 Å². The molecule has 6 nitrogen and oxygen atoms in total. The SMILES string of the molecule is Cl.O=C(COc1ccccc1Cl)NCC(c1ccco1)N1CCOCC1. The van der Waals surface area contributed by atoms with Crippen LogP contribution in [0.4, 0.5) is 0 Å². The molecular weight excluding hydrogens is 379 g/mol. The molecule has 0 radical (unpaired) electrons. The van der Waals surface area contributed by atoms with E-state index in [1.807, 2.05) is 24.3 Å². The molecule has 3 rings (SSSR count). The van der Waals surface area contributed by atoms with Gasteiger partial charge in [-0.3, -0.25) is 9.69 Å². The van der Waals surface area contributed by atoms with Gasteiger partial charge in [0.15, 0.2) is 6.61 Å². The molecule has 2 aromatic rings. The number of rotatable bonds is 7. The maximum absolute atomic E-state index is 12.1. The van der Waals surface area contributed by atoms with Gasteiger partial charge in [0, 0.05) is 19.6 Å². The molecule has 1 N–H and O–H groups in total. The van der Waals surface area contributed by atoms with Crippen molar-refractivity contribution in [1.82, 2.24) is 10.2 Å². The fourth-order valence-corrected chi connectivity index (χ4v) is 2.94. The molecule has 0 aliphatic carbocycles. The highest BCUT2D eigenvalue weighted by Crippen LogP contribution is 2.23. The first-order valence-electron chi connectivity index (χ1n) is 8.23. The van der Waals surface area contributed by atoms with Gasteiger partial charge in [-0.25, -0.2) is 0 Å². The molecule has 0 saturated carbocycles. The predicted octanol–water partition coefficient (Wildman–Crippen LogP) is 2.92. The van der Waals surface area contributed by atoms with E-state index in [1.54, 1.807) is 18.4 Å². The van der Waals surface area contributed by atoms with Crippen molar-refractivity contribution in [3.8, 4) is 5.75 Å². The van der Waals surface area contributed by atoms with Crippen LogP contribution in [0.1, 0.15) is 11.8 Å². The quantitative estimate of drug-likeness (QED) is 0.773. The largest absolute Gasteiger partial charge is 0.482 e. The number of hydrogen-bond donors (Lipinski definition) is 1. The van der Waals surface area contributed by atoms with Crippen molar-refractivity contribution < 1.29 is 18.7 Å². The van der Waals surface area contributed by atoms with Gasteiger partial charge in [-0.1, -0.05) is 23.7 Å². The van der Waals surface area contributed by atoms with Crippen LogP contribution < -0.4 is 10.1 Å². The Bertz CT molecular complexity index is 676. The zero-order valence-electron chi connectivity index (χ0n) is 14.2. The number of ether oxygens (including phenoxy) is 2. The summed E-state index contributed by atoms with van der Waals surface area (Å²) in [6.07, 6.45) is 1.64. The Morgan fingerprint density at radius 1 is 1.23 bits per heavy atom. The van der Waals surface area contributed by atoms with E-state index in [0.717, 1.165) is 18.8 Å². The Morgan fingerprint density at radius 3 is 2.69 bits per heavy atom. The van der Waals surface area contributed by atoms with E-state index in [1.165, 1.54) is 0 Å². The van der Waals surface area contributed by atoms with E-state index in [4.69, 9.17) is 25.5 Å². The van der Waals surface area contributed by atoms with Gasteiger partial charge in [0.25, 0.3) is 5.91 Å². The molecule has 0 bridgehead atoms. The lowest BCUT2D eigenvalue weighted by Gasteiger charge is -2.33. The second kappa shape index (κ2) is 10.4. The average molecular weight is 401 g/mol. The van der Waals surface area contributed by atoms with Crippen LogP contribution in [0.25, 0.3) is 0 Å². The van der Waals surface area contributed by atoms with E-state index in [9.17, 15) is 4.79 Å². The third-order valence-corrected chi connectivity index (χ3v) is 4.36. The molecule has 1 aromatic carbocycles. The molecule has 2 heterocycles. The van der Waals surface area contributed by atoms with E-state index >= 15 is 0 Å². The Balaban J connectivity index is 0.00000243. The van der Waals surface area contributed by atoms with Gasteiger partial charge in [0.05, 0.1) is 30.5 Å². The summed E-state index contributed by atoms with van der Waals surface area (Å²) in [7, 11) is 0. The van der Waals surface area contributed by atoms with Gasteiger partial charge in [-0.2, -0.15) is 0 Å². The summed E-state index contributed by atoms with van der Waals surface area (Å²) in [5.41, 5.74) is 0. The summed E-state index contributed by atoms with van der Waals surface area (Å²) in [6.45, 7) is 3.33. The third-order valence-electron chi connectivity index (χ3n) is 4.05. The zero-order chi connectivity index (χ0) is 17.5. The predicted molar refractivity (Wildman–Crippen MR) is 101 cm³/mol. The number of amides is 1. The number of para-hydroxylation sites is 1.